The molecule has 8 nitrogen and oxygen atoms in total. The Labute approximate surface area is 109 Å². The number of carbonyl (C=O) groups is 4. The highest BCUT2D eigenvalue weighted by molar-refractivity contribution is 6.35. The standard InChI is InChI=1S/C11H16N2O6/c14-8(15)4-5-12-9(16)10(17)13-6-2-1-3-7(13)11(18)19/h7H,1-6H2,(H,12,16)(H,14,15)(H,18,19)/t7-/m0/s1. The van der Waals surface area contributed by atoms with Crippen LogP contribution in [0.2, 0.25) is 0 Å². The quantitative estimate of drug-likeness (QED) is 0.566. The summed E-state index contributed by atoms with van der Waals surface area (Å²) in [5.74, 6) is -4.10. The van der Waals surface area contributed by atoms with Gasteiger partial charge in [-0.2, -0.15) is 0 Å². The van der Waals surface area contributed by atoms with Crippen molar-refractivity contribution in [3.63, 3.8) is 0 Å². The Bertz CT molecular complexity index is 395. The van der Waals surface area contributed by atoms with E-state index in [0.29, 0.717) is 19.3 Å². The van der Waals surface area contributed by atoms with Crippen LogP contribution in [-0.4, -0.2) is 58.0 Å². The third-order valence-electron chi connectivity index (χ3n) is 2.87. The summed E-state index contributed by atoms with van der Waals surface area (Å²) in [6.07, 6.45) is 1.38. The number of nitrogens with one attached hydrogen (secondary N) is 1. The van der Waals surface area contributed by atoms with Gasteiger partial charge in [0.2, 0.25) is 0 Å². The zero-order valence-electron chi connectivity index (χ0n) is 10.3. The van der Waals surface area contributed by atoms with Crippen molar-refractivity contribution in [2.45, 2.75) is 31.7 Å². The maximum Gasteiger partial charge on any atom is 0.326 e. The van der Waals surface area contributed by atoms with Crippen LogP contribution in [-0.2, 0) is 19.2 Å². The van der Waals surface area contributed by atoms with Crippen LogP contribution < -0.4 is 5.32 Å². The molecule has 0 aromatic rings. The van der Waals surface area contributed by atoms with Crippen molar-refractivity contribution in [2.75, 3.05) is 13.1 Å². The minimum Gasteiger partial charge on any atom is -0.481 e. The monoisotopic (exact) mass is 272 g/mol. The smallest absolute Gasteiger partial charge is 0.326 e. The van der Waals surface area contributed by atoms with E-state index in [-0.39, 0.29) is 19.5 Å². The van der Waals surface area contributed by atoms with E-state index in [9.17, 15) is 19.2 Å². The molecule has 1 aliphatic heterocycles. The average Bonchev–Trinajstić information content (AvgIpc) is 2.37. The SMILES string of the molecule is O=C(O)CCNC(=O)C(=O)N1CCCC[C@H]1C(=O)O. The topological polar surface area (TPSA) is 124 Å². The van der Waals surface area contributed by atoms with E-state index in [4.69, 9.17) is 10.2 Å². The Balaban J connectivity index is 2.56. The second kappa shape index (κ2) is 6.72. The van der Waals surface area contributed by atoms with Gasteiger partial charge in [0.05, 0.1) is 6.42 Å². The molecule has 106 valence electrons. The molecule has 1 fully saturated rings. The summed E-state index contributed by atoms with van der Waals surface area (Å²) in [7, 11) is 0. The molecule has 1 rings (SSSR count). The summed E-state index contributed by atoms with van der Waals surface area (Å²) in [4.78, 5) is 45.6. The lowest BCUT2D eigenvalue weighted by molar-refractivity contribution is -0.156. The molecule has 0 unspecified atom stereocenters. The molecule has 0 saturated carbocycles. The van der Waals surface area contributed by atoms with E-state index in [1.165, 1.54) is 0 Å². The number of hydrogen-bond donors (Lipinski definition) is 3. The van der Waals surface area contributed by atoms with Crippen molar-refractivity contribution in [3.8, 4) is 0 Å². The molecule has 1 heterocycles. The lowest BCUT2D eigenvalue weighted by atomic mass is 10.0. The van der Waals surface area contributed by atoms with Gasteiger partial charge < -0.3 is 20.4 Å². The highest BCUT2D eigenvalue weighted by Crippen LogP contribution is 2.17. The summed E-state index contributed by atoms with van der Waals surface area (Å²) < 4.78 is 0. The molecule has 1 atom stereocenters. The van der Waals surface area contributed by atoms with Crippen LogP contribution in [0.15, 0.2) is 0 Å². The van der Waals surface area contributed by atoms with E-state index in [0.717, 1.165) is 4.90 Å². The molecule has 2 amide bonds. The summed E-state index contributed by atoms with van der Waals surface area (Å²) in [5.41, 5.74) is 0. The largest absolute Gasteiger partial charge is 0.481 e. The average molecular weight is 272 g/mol. The van der Waals surface area contributed by atoms with Gasteiger partial charge >= 0.3 is 23.8 Å². The van der Waals surface area contributed by atoms with Gasteiger partial charge in [0.15, 0.2) is 0 Å². The minimum atomic E-state index is -1.13. The number of nitrogens with zero attached hydrogens (tertiary/aromatic N) is 1. The fraction of sp³-hybridized carbons (Fsp3) is 0.636. The molecule has 8 heteroatoms. The van der Waals surface area contributed by atoms with Crippen LogP contribution in [0.3, 0.4) is 0 Å². The number of likely N-dealkylation sites (tertiary alicyclic amines) is 1. The van der Waals surface area contributed by atoms with Crippen LogP contribution in [0.1, 0.15) is 25.7 Å². The molecule has 0 radical (unpaired) electrons. The van der Waals surface area contributed by atoms with Gasteiger partial charge in [-0.25, -0.2) is 4.79 Å². The first kappa shape index (κ1) is 14.9. The Morgan fingerprint density at radius 2 is 1.84 bits per heavy atom. The van der Waals surface area contributed by atoms with E-state index in [1.54, 1.807) is 0 Å². The Kier molecular flexibility index (Phi) is 5.28. The molecule has 1 aliphatic rings. The first-order valence-electron chi connectivity index (χ1n) is 5.97. The molecule has 0 aromatic heterocycles. The van der Waals surface area contributed by atoms with Gasteiger partial charge in [-0.1, -0.05) is 0 Å². The second-order valence-corrected chi connectivity index (χ2v) is 4.25. The summed E-state index contributed by atoms with van der Waals surface area (Å²) >= 11 is 0. The molecule has 0 aliphatic carbocycles. The molecule has 3 N–H and O–H groups in total. The molecular formula is C11H16N2O6. The van der Waals surface area contributed by atoms with Crippen molar-refractivity contribution < 1.29 is 29.4 Å². The van der Waals surface area contributed by atoms with Crippen molar-refractivity contribution in [1.82, 2.24) is 10.2 Å². The van der Waals surface area contributed by atoms with E-state index < -0.39 is 29.8 Å². The Hall–Kier alpha value is -2.12. The zero-order valence-corrected chi connectivity index (χ0v) is 10.3. The Morgan fingerprint density at radius 3 is 2.42 bits per heavy atom. The molecule has 0 aromatic carbocycles. The molecular weight excluding hydrogens is 256 g/mol. The summed E-state index contributed by atoms with van der Waals surface area (Å²) in [5, 5.41) is 19.6. The van der Waals surface area contributed by atoms with E-state index in [2.05, 4.69) is 5.32 Å². The molecule has 0 bridgehead atoms. The first-order chi connectivity index (χ1) is 8.93. The summed E-state index contributed by atoms with van der Waals surface area (Å²) in [6, 6.07) is -0.980. The van der Waals surface area contributed by atoms with Gasteiger partial charge in [-0.3, -0.25) is 14.4 Å². The van der Waals surface area contributed by atoms with Crippen molar-refractivity contribution in [3.05, 3.63) is 0 Å². The third-order valence-corrected chi connectivity index (χ3v) is 2.87. The number of carboxylic acids is 2. The van der Waals surface area contributed by atoms with Crippen molar-refractivity contribution >= 4 is 23.8 Å². The minimum absolute atomic E-state index is 0.161. The maximum atomic E-state index is 11.8. The highest BCUT2D eigenvalue weighted by atomic mass is 16.4. The molecule has 0 spiro atoms. The second-order valence-electron chi connectivity index (χ2n) is 4.25. The molecule has 1 saturated heterocycles. The first-order valence-corrected chi connectivity index (χ1v) is 5.97. The zero-order chi connectivity index (χ0) is 14.4. The van der Waals surface area contributed by atoms with Gasteiger partial charge in [-0.05, 0) is 19.3 Å². The van der Waals surface area contributed by atoms with Crippen LogP contribution in [0.25, 0.3) is 0 Å². The van der Waals surface area contributed by atoms with Gasteiger partial charge in [0.1, 0.15) is 6.04 Å². The maximum absolute atomic E-state index is 11.8. The van der Waals surface area contributed by atoms with Gasteiger partial charge in [0.25, 0.3) is 0 Å². The number of hydrogen-bond acceptors (Lipinski definition) is 4. The normalized spacial score (nSPS) is 18.7. The lowest BCUT2D eigenvalue weighted by Gasteiger charge is -2.32. The number of rotatable bonds is 4. The predicted octanol–water partition coefficient (Wildman–Crippen LogP) is -0.957. The predicted molar refractivity (Wildman–Crippen MR) is 62.3 cm³/mol. The summed E-state index contributed by atoms with van der Waals surface area (Å²) in [6.45, 7) is 0.0631. The van der Waals surface area contributed by atoms with Gasteiger partial charge in [0, 0.05) is 13.1 Å². The van der Waals surface area contributed by atoms with E-state index >= 15 is 0 Å². The Morgan fingerprint density at radius 1 is 1.16 bits per heavy atom. The highest BCUT2D eigenvalue weighted by Gasteiger charge is 2.34. The van der Waals surface area contributed by atoms with Crippen LogP contribution in [0, 0.1) is 0 Å². The van der Waals surface area contributed by atoms with Crippen LogP contribution in [0.5, 0.6) is 0 Å². The number of piperidine rings is 1. The van der Waals surface area contributed by atoms with E-state index in [1.807, 2.05) is 0 Å². The lowest BCUT2D eigenvalue weighted by Crippen LogP contribution is -2.53. The van der Waals surface area contributed by atoms with Crippen LogP contribution >= 0.6 is 0 Å². The fourth-order valence-electron chi connectivity index (χ4n) is 1.92. The fourth-order valence-corrected chi connectivity index (χ4v) is 1.92. The van der Waals surface area contributed by atoms with Crippen molar-refractivity contribution in [2.24, 2.45) is 0 Å². The van der Waals surface area contributed by atoms with Crippen molar-refractivity contribution in [1.29, 1.82) is 0 Å². The van der Waals surface area contributed by atoms with Crippen LogP contribution in [0.4, 0.5) is 0 Å². The molecule has 19 heavy (non-hydrogen) atoms. The van der Waals surface area contributed by atoms with Gasteiger partial charge in [-0.15, -0.1) is 0 Å². The number of aliphatic carboxylic acids is 2. The number of carbonyl (C=O) groups excluding carboxylic acids is 2. The number of amides is 2. The number of carboxylic acid groups (broad SMARTS) is 2. The third kappa shape index (κ3) is 4.23.